The molecule has 2 aliphatic rings. The fraction of sp³-hybridized carbons (Fsp3) is 0.176. The van der Waals surface area contributed by atoms with Crippen LogP contribution in [0.1, 0.15) is 10.4 Å². The average molecular weight is 325 g/mol. The first kappa shape index (κ1) is 14.4. The van der Waals surface area contributed by atoms with Crippen LogP contribution in [0.2, 0.25) is 0 Å². The molecule has 0 radical (unpaired) electrons. The zero-order valence-electron chi connectivity index (χ0n) is 12.7. The number of benzene rings is 2. The van der Waals surface area contributed by atoms with Crippen molar-refractivity contribution in [2.75, 3.05) is 30.1 Å². The number of carbonyl (C=O) groups is 2. The van der Waals surface area contributed by atoms with Crippen molar-refractivity contribution in [2.24, 2.45) is 0 Å². The number of hydrogen-bond donors (Lipinski definition) is 2. The summed E-state index contributed by atoms with van der Waals surface area (Å²) < 4.78 is 10.5. The first-order valence-corrected chi connectivity index (χ1v) is 7.57. The standard InChI is InChI=1S/C17H15N3O4/c21-16(19-12-3-6-14-15(9-12)24-10-23-14)11-1-4-13(5-2-11)20-8-7-18-17(20)22/h1-6,9H,7-8,10H2,(H,18,22)(H,19,21). The molecule has 7 nitrogen and oxygen atoms in total. The van der Waals surface area contributed by atoms with Crippen LogP contribution in [-0.2, 0) is 0 Å². The molecule has 24 heavy (non-hydrogen) atoms. The minimum Gasteiger partial charge on any atom is -0.454 e. The van der Waals surface area contributed by atoms with E-state index in [4.69, 9.17) is 9.47 Å². The van der Waals surface area contributed by atoms with Gasteiger partial charge in [0.15, 0.2) is 11.5 Å². The van der Waals surface area contributed by atoms with Crippen LogP contribution >= 0.6 is 0 Å². The maximum Gasteiger partial charge on any atom is 0.321 e. The average Bonchev–Trinajstić information content (AvgIpc) is 3.23. The number of rotatable bonds is 3. The molecule has 4 rings (SSSR count). The highest BCUT2D eigenvalue weighted by atomic mass is 16.7. The summed E-state index contributed by atoms with van der Waals surface area (Å²) in [4.78, 5) is 25.6. The van der Waals surface area contributed by atoms with E-state index in [0.717, 1.165) is 5.69 Å². The van der Waals surface area contributed by atoms with E-state index in [1.54, 1.807) is 47.4 Å². The molecule has 3 amide bonds. The summed E-state index contributed by atoms with van der Waals surface area (Å²) in [5.41, 5.74) is 1.91. The maximum absolute atomic E-state index is 12.3. The second-order valence-electron chi connectivity index (χ2n) is 5.45. The van der Waals surface area contributed by atoms with Crippen LogP contribution in [0.5, 0.6) is 11.5 Å². The third-order valence-electron chi connectivity index (χ3n) is 3.93. The van der Waals surface area contributed by atoms with Gasteiger partial charge in [0.2, 0.25) is 6.79 Å². The summed E-state index contributed by atoms with van der Waals surface area (Å²) in [5.74, 6) is 1.05. The molecule has 2 aromatic rings. The molecule has 0 spiro atoms. The number of fused-ring (bicyclic) bond motifs is 1. The molecule has 0 atom stereocenters. The van der Waals surface area contributed by atoms with Crippen LogP contribution in [0.4, 0.5) is 16.2 Å². The Morgan fingerprint density at radius 3 is 2.62 bits per heavy atom. The van der Waals surface area contributed by atoms with Gasteiger partial charge in [0.1, 0.15) is 0 Å². The normalized spacial score (nSPS) is 15.3. The van der Waals surface area contributed by atoms with Crippen LogP contribution in [0.25, 0.3) is 0 Å². The van der Waals surface area contributed by atoms with Gasteiger partial charge >= 0.3 is 6.03 Å². The maximum atomic E-state index is 12.3. The topological polar surface area (TPSA) is 79.9 Å². The van der Waals surface area contributed by atoms with Gasteiger partial charge in [0.25, 0.3) is 5.91 Å². The van der Waals surface area contributed by atoms with Gasteiger partial charge in [-0.3, -0.25) is 9.69 Å². The van der Waals surface area contributed by atoms with E-state index in [2.05, 4.69) is 10.6 Å². The molecular weight excluding hydrogens is 310 g/mol. The quantitative estimate of drug-likeness (QED) is 0.906. The Morgan fingerprint density at radius 2 is 1.88 bits per heavy atom. The van der Waals surface area contributed by atoms with Crippen molar-refractivity contribution in [1.29, 1.82) is 0 Å². The van der Waals surface area contributed by atoms with Gasteiger partial charge < -0.3 is 20.1 Å². The van der Waals surface area contributed by atoms with Gasteiger partial charge in [0, 0.05) is 36.1 Å². The minimum absolute atomic E-state index is 0.118. The summed E-state index contributed by atoms with van der Waals surface area (Å²) in [6, 6.07) is 12.0. The van der Waals surface area contributed by atoms with Crippen molar-refractivity contribution < 1.29 is 19.1 Å². The lowest BCUT2D eigenvalue weighted by Crippen LogP contribution is -2.27. The number of ether oxygens (including phenoxy) is 2. The smallest absolute Gasteiger partial charge is 0.321 e. The van der Waals surface area contributed by atoms with Crippen LogP contribution in [0.15, 0.2) is 42.5 Å². The zero-order chi connectivity index (χ0) is 16.5. The highest BCUT2D eigenvalue weighted by Gasteiger charge is 2.21. The second kappa shape index (κ2) is 5.77. The molecule has 0 saturated carbocycles. The Balaban J connectivity index is 1.47. The van der Waals surface area contributed by atoms with Crippen molar-refractivity contribution in [3.05, 3.63) is 48.0 Å². The number of anilines is 2. The summed E-state index contributed by atoms with van der Waals surface area (Å²) in [6.45, 7) is 1.45. The summed E-state index contributed by atoms with van der Waals surface area (Å²) in [7, 11) is 0. The highest BCUT2D eigenvalue weighted by Crippen LogP contribution is 2.34. The largest absolute Gasteiger partial charge is 0.454 e. The van der Waals surface area contributed by atoms with Crippen LogP contribution < -0.4 is 25.0 Å². The van der Waals surface area contributed by atoms with E-state index < -0.39 is 0 Å². The van der Waals surface area contributed by atoms with E-state index in [0.29, 0.717) is 35.8 Å². The molecule has 0 aliphatic carbocycles. The molecule has 0 unspecified atom stereocenters. The number of urea groups is 1. The summed E-state index contributed by atoms with van der Waals surface area (Å²) in [5, 5.41) is 5.56. The lowest BCUT2D eigenvalue weighted by Gasteiger charge is -2.14. The van der Waals surface area contributed by atoms with Crippen molar-refractivity contribution in [2.45, 2.75) is 0 Å². The van der Waals surface area contributed by atoms with Gasteiger partial charge in [-0.15, -0.1) is 0 Å². The van der Waals surface area contributed by atoms with Crippen molar-refractivity contribution in [1.82, 2.24) is 5.32 Å². The van der Waals surface area contributed by atoms with Crippen LogP contribution in [0, 0.1) is 0 Å². The van der Waals surface area contributed by atoms with E-state index in [-0.39, 0.29) is 18.7 Å². The zero-order valence-corrected chi connectivity index (χ0v) is 12.7. The second-order valence-corrected chi connectivity index (χ2v) is 5.45. The number of amides is 3. The predicted octanol–water partition coefficient (Wildman–Crippen LogP) is 2.20. The lowest BCUT2D eigenvalue weighted by atomic mass is 10.1. The van der Waals surface area contributed by atoms with E-state index >= 15 is 0 Å². The van der Waals surface area contributed by atoms with Gasteiger partial charge in [0.05, 0.1) is 0 Å². The fourth-order valence-corrected chi connectivity index (χ4v) is 2.69. The lowest BCUT2D eigenvalue weighted by molar-refractivity contribution is 0.102. The monoisotopic (exact) mass is 325 g/mol. The number of hydrogen-bond acceptors (Lipinski definition) is 4. The molecule has 2 N–H and O–H groups in total. The van der Waals surface area contributed by atoms with Crippen LogP contribution in [-0.4, -0.2) is 31.8 Å². The highest BCUT2D eigenvalue weighted by molar-refractivity contribution is 6.05. The van der Waals surface area contributed by atoms with E-state index in [1.165, 1.54) is 0 Å². The third-order valence-corrected chi connectivity index (χ3v) is 3.93. The Bertz CT molecular complexity index is 804. The molecule has 1 fully saturated rings. The number of carbonyl (C=O) groups excluding carboxylic acids is 2. The van der Waals surface area contributed by atoms with Gasteiger partial charge in [-0.2, -0.15) is 0 Å². The van der Waals surface area contributed by atoms with E-state index in [1.807, 2.05) is 0 Å². The predicted molar refractivity (Wildman–Crippen MR) is 87.7 cm³/mol. The Kier molecular flexibility index (Phi) is 3.45. The Labute approximate surface area is 138 Å². The fourth-order valence-electron chi connectivity index (χ4n) is 2.69. The molecule has 0 bridgehead atoms. The molecule has 2 aliphatic heterocycles. The van der Waals surface area contributed by atoms with Gasteiger partial charge in [-0.25, -0.2) is 4.79 Å². The third kappa shape index (κ3) is 2.60. The van der Waals surface area contributed by atoms with E-state index in [9.17, 15) is 9.59 Å². The van der Waals surface area contributed by atoms with Crippen LogP contribution in [0.3, 0.4) is 0 Å². The molecule has 7 heteroatoms. The minimum atomic E-state index is -0.230. The molecule has 122 valence electrons. The molecule has 1 saturated heterocycles. The number of nitrogens with zero attached hydrogens (tertiary/aromatic N) is 1. The molecule has 2 aromatic carbocycles. The first-order valence-electron chi connectivity index (χ1n) is 7.57. The SMILES string of the molecule is O=C(Nc1ccc2c(c1)OCO2)c1ccc(N2CCNC2=O)cc1. The Morgan fingerprint density at radius 1 is 1.08 bits per heavy atom. The Hall–Kier alpha value is -3.22. The van der Waals surface area contributed by atoms with Gasteiger partial charge in [-0.1, -0.05) is 0 Å². The van der Waals surface area contributed by atoms with Crippen molar-refractivity contribution >= 4 is 23.3 Å². The summed E-state index contributed by atoms with van der Waals surface area (Å²) in [6.07, 6.45) is 0. The van der Waals surface area contributed by atoms with Gasteiger partial charge in [-0.05, 0) is 36.4 Å². The molecule has 0 aromatic heterocycles. The first-order chi connectivity index (χ1) is 11.7. The van der Waals surface area contributed by atoms with Crippen molar-refractivity contribution in [3.63, 3.8) is 0 Å². The number of nitrogens with one attached hydrogen (secondary N) is 2. The van der Waals surface area contributed by atoms with Crippen molar-refractivity contribution in [3.8, 4) is 11.5 Å². The summed E-state index contributed by atoms with van der Waals surface area (Å²) >= 11 is 0. The molecular formula is C17H15N3O4. The molecule has 2 heterocycles.